The van der Waals surface area contributed by atoms with Gasteiger partial charge in [0.1, 0.15) is 5.75 Å². The first-order valence-electron chi connectivity index (χ1n) is 6.63. The van der Waals surface area contributed by atoms with Gasteiger partial charge in [0.05, 0.1) is 11.7 Å². The number of carbonyl (C=O) groups excluding carboxylic acids is 1. The number of nitrogens with one attached hydrogen (secondary N) is 1. The summed E-state index contributed by atoms with van der Waals surface area (Å²) < 4.78 is 6.39. The van der Waals surface area contributed by atoms with Crippen LogP contribution in [0.15, 0.2) is 40.9 Å². The number of nitrogens with two attached hydrogens (primary N) is 1. The molecule has 4 nitrogen and oxygen atoms in total. The summed E-state index contributed by atoms with van der Waals surface area (Å²) in [6, 6.07) is 11.4. The number of halogens is 1. The predicted molar refractivity (Wildman–Crippen MR) is 85.5 cm³/mol. The maximum absolute atomic E-state index is 11.4. The van der Waals surface area contributed by atoms with Gasteiger partial charge in [-0.3, -0.25) is 4.79 Å². The normalized spacial score (nSPS) is 14.9. The molecule has 1 unspecified atom stereocenters. The highest BCUT2D eigenvalue weighted by molar-refractivity contribution is 9.10. The Balaban J connectivity index is 1.98. The van der Waals surface area contributed by atoms with Crippen LogP contribution in [-0.2, 0) is 4.79 Å². The van der Waals surface area contributed by atoms with Crippen molar-refractivity contribution in [1.82, 2.24) is 0 Å². The monoisotopic (exact) mass is 346 g/mol. The van der Waals surface area contributed by atoms with E-state index in [-0.39, 0.29) is 18.6 Å². The SMILES string of the molecule is Cc1c(Br)cccc1C(N)c1ccc2c(c1)NC(=O)CO2. The molecule has 0 aliphatic carbocycles. The van der Waals surface area contributed by atoms with E-state index in [1.165, 1.54) is 0 Å². The first-order valence-corrected chi connectivity index (χ1v) is 7.43. The highest BCUT2D eigenvalue weighted by atomic mass is 79.9. The van der Waals surface area contributed by atoms with E-state index in [1.807, 2.05) is 43.3 Å². The van der Waals surface area contributed by atoms with Gasteiger partial charge in [0.25, 0.3) is 5.91 Å². The summed E-state index contributed by atoms with van der Waals surface area (Å²) >= 11 is 3.52. The van der Waals surface area contributed by atoms with Gasteiger partial charge in [0.15, 0.2) is 6.61 Å². The lowest BCUT2D eigenvalue weighted by Crippen LogP contribution is -2.25. The topological polar surface area (TPSA) is 64.3 Å². The van der Waals surface area contributed by atoms with Gasteiger partial charge < -0.3 is 15.8 Å². The number of anilines is 1. The number of hydrogen-bond acceptors (Lipinski definition) is 3. The fourth-order valence-electron chi connectivity index (χ4n) is 2.43. The molecule has 1 amide bonds. The van der Waals surface area contributed by atoms with Crippen molar-refractivity contribution in [3.05, 3.63) is 57.6 Å². The second-order valence-electron chi connectivity index (χ2n) is 5.02. The van der Waals surface area contributed by atoms with Crippen LogP contribution < -0.4 is 15.8 Å². The van der Waals surface area contributed by atoms with Gasteiger partial charge in [-0.05, 0) is 41.8 Å². The van der Waals surface area contributed by atoms with E-state index in [2.05, 4.69) is 21.2 Å². The Hall–Kier alpha value is -1.85. The smallest absolute Gasteiger partial charge is 0.262 e. The summed E-state index contributed by atoms with van der Waals surface area (Å²) in [5.74, 6) is 0.531. The minimum Gasteiger partial charge on any atom is -0.482 e. The molecule has 2 aromatic rings. The van der Waals surface area contributed by atoms with Crippen LogP contribution in [-0.4, -0.2) is 12.5 Å². The van der Waals surface area contributed by atoms with E-state index in [1.54, 1.807) is 0 Å². The summed E-state index contributed by atoms with van der Waals surface area (Å²) in [4.78, 5) is 11.4. The lowest BCUT2D eigenvalue weighted by atomic mass is 9.95. The molecule has 0 fully saturated rings. The van der Waals surface area contributed by atoms with E-state index >= 15 is 0 Å². The molecule has 1 heterocycles. The molecule has 0 bridgehead atoms. The Kier molecular flexibility index (Phi) is 3.69. The molecule has 1 aliphatic heterocycles. The molecule has 108 valence electrons. The first kappa shape index (κ1) is 14.1. The number of carbonyl (C=O) groups is 1. The standard InChI is InChI=1S/C16H15BrN2O2/c1-9-11(3-2-4-12(9)17)16(18)10-5-6-14-13(7-10)19-15(20)8-21-14/h2-7,16H,8,18H2,1H3,(H,19,20). The lowest BCUT2D eigenvalue weighted by Gasteiger charge is -2.21. The van der Waals surface area contributed by atoms with Crippen LogP contribution in [0.25, 0.3) is 0 Å². The van der Waals surface area contributed by atoms with Crippen molar-refractivity contribution in [2.24, 2.45) is 5.73 Å². The third-order valence-electron chi connectivity index (χ3n) is 3.64. The van der Waals surface area contributed by atoms with Gasteiger partial charge in [-0.2, -0.15) is 0 Å². The van der Waals surface area contributed by atoms with E-state index in [0.29, 0.717) is 11.4 Å². The predicted octanol–water partition coefficient (Wildman–Crippen LogP) is 3.14. The molecule has 5 heteroatoms. The average Bonchev–Trinajstić information content (AvgIpc) is 2.48. The molecule has 1 aliphatic rings. The zero-order valence-electron chi connectivity index (χ0n) is 11.5. The number of benzene rings is 2. The number of ether oxygens (including phenoxy) is 1. The maximum Gasteiger partial charge on any atom is 0.262 e. The van der Waals surface area contributed by atoms with Gasteiger partial charge in [0, 0.05) is 4.47 Å². The van der Waals surface area contributed by atoms with Crippen LogP contribution in [0.3, 0.4) is 0 Å². The summed E-state index contributed by atoms with van der Waals surface area (Å²) in [6.07, 6.45) is 0. The third-order valence-corrected chi connectivity index (χ3v) is 4.50. The lowest BCUT2D eigenvalue weighted by molar-refractivity contribution is -0.118. The molecule has 0 spiro atoms. The highest BCUT2D eigenvalue weighted by Crippen LogP contribution is 2.33. The average molecular weight is 347 g/mol. The number of rotatable bonds is 2. The molecular weight excluding hydrogens is 332 g/mol. The second kappa shape index (κ2) is 5.50. The zero-order valence-corrected chi connectivity index (χ0v) is 13.1. The van der Waals surface area contributed by atoms with E-state index < -0.39 is 0 Å². The van der Waals surface area contributed by atoms with Gasteiger partial charge in [-0.25, -0.2) is 0 Å². The van der Waals surface area contributed by atoms with Crippen molar-refractivity contribution in [3.8, 4) is 5.75 Å². The van der Waals surface area contributed by atoms with Crippen LogP contribution in [0.4, 0.5) is 5.69 Å². The fourth-order valence-corrected chi connectivity index (χ4v) is 2.82. The van der Waals surface area contributed by atoms with Gasteiger partial charge in [-0.15, -0.1) is 0 Å². The van der Waals surface area contributed by atoms with Crippen molar-refractivity contribution in [2.75, 3.05) is 11.9 Å². The fraction of sp³-hybridized carbons (Fsp3) is 0.188. The van der Waals surface area contributed by atoms with Crippen molar-refractivity contribution < 1.29 is 9.53 Å². The van der Waals surface area contributed by atoms with Crippen LogP contribution >= 0.6 is 15.9 Å². The Labute approximate surface area is 131 Å². The van der Waals surface area contributed by atoms with Crippen LogP contribution in [0.5, 0.6) is 5.75 Å². The third kappa shape index (κ3) is 2.66. The van der Waals surface area contributed by atoms with Crippen LogP contribution in [0.2, 0.25) is 0 Å². The molecule has 1 atom stereocenters. The Morgan fingerprint density at radius 2 is 2.14 bits per heavy atom. The largest absolute Gasteiger partial charge is 0.482 e. The van der Waals surface area contributed by atoms with E-state index in [9.17, 15) is 4.79 Å². The molecule has 3 N–H and O–H groups in total. The van der Waals surface area contributed by atoms with E-state index in [0.717, 1.165) is 21.2 Å². The molecule has 21 heavy (non-hydrogen) atoms. The summed E-state index contributed by atoms with van der Waals surface area (Å²) in [5, 5.41) is 2.80. The second-order valence-corrected chi connectivity index (χ2v) is 5.88. The van der Waals surface area contributed by atoms with E-state index in [4.69, 9.17) is 10.5 Å². The van der Waals surface area contributed by atoms with Crippen molar-refractivity contribution in [3.63, 3.8) is 0 Å². The minimum atomic E-state index is -0.258. The number of hydrogen-bond donors (Lipinski definition) is 2. The molecular formula is C16H15BrN2O2. The van der Waals surface area contributed by atoms with Crippen molar-refractivity contribution in [2.45, 2.75) is 13.0 Å². The van der Waals surface area contributed by atoms with Crippen LogP contribution in [0.1, 0.15) is 22.7 Å². The van der Waals surface area contributed by atoms with Crippen LogP contribution in [0, 0.1) is 6.92 Å². The highest BCUT2D eigenvalue weighted by Gasteiger charge is 2.19. The van der Waals surface area contributed by atoms with Crippen molar-refractivity contribution >= 4 is 27.5 Å². The van der Waals surface area contributed by atoms with Crippen molar-refractivity contribution in [1.29, 1.82) is 0 Å². The zero-order chi connectivity index (χ0) is 15.0. The van der Waals surface area contributed by atoms with Gasteiger partial charge in [0.2, 0.25) is 0 Å². The van der Waals surface area contributed by atoms with Gasteiger partial charge >= 0.3 is 0 Å². The maximum atomic E-state index is 11.4. The quantitative estimate of drug-likeness (QED) is 0.877. The Morgan fingerprint density at radius 3 is 2.95 bits per heavy atom. The summed E-state index contributed by atoms with van der Waals surface area (Å²) in [7, 11) is 0. The summed E-state index contributed by atoms with van der Waals surface area (Å²) in [5.41, 5.74) is 10.1. The minimum absolute atomic E-state index is 0.0587. The summed E-state index contributed by atoms with van der Waals surface area (Å²) in [6.45, 7) is 2.09. The Bertz CT molecular complexity index is 715. The van der Waals surface area contributed by atoms with Gasteiger partial charge in [-0.1, -0.05) is 34.1 Å². The molecule has 0 radical (unpaired) electrons. The number of amides is 1. The first-order chi connectivity index (χ1) is 10.1. The molecule has 0 saturated carbocycles. The molecule has 2 aromatic carbocycles. The number of fused-ring (bicyclic) bond motifs is 1. The molecule has 0 aromatic heterocycles. The Morgan fingerprint density at radius 1 is 1.33 bits per heavy atom. The molecule has 0 saturated heterocycles. The molecule has 3 rings (SSSR count).